The molecular formula is C19H26N4O. The number of likely N-dealkylation sites (tertiary alicyclic amines) is 1. The van der Waals surface area contributed by atoms with Crippen molar-refractivity contribution in [2.24, 2.45) is 7.05 Å². The molecule has 1 saturated heterocycles. The first kappa shape index (κ1) is 15.8. The van der Waals surface area contributed by atoms with Gasteiger partial charge in [-0.2, -0.15) is 0 Å². The molecule has 5 heteroatoms. The summed E-state index contributed by atoms with van der Waals surface area (Å²) in [6.07, 6.45) is 3.91. The van der Waals surface area contributed by atoms with Gasteiger partial charge in [-0.15, -0.1) is 0 Å². The van der Waals surface area contributed by atoms with E-state index in [1.807, 2.05) is 12.5 Å². The van der Waals surface area contributed by atoms with Crippen molar-refractivity contribution in [1.82, 2.24) is 19.8 Å². The van der Waals surface area contributed by atoms with Crippen LogP contribution in [-0.2, 0) is 25.0 Å². The zero-order valence-electron chi connectivity index (χ0n) is 14.7. The molecule has 0 spiro atoms. The summed E-state index contributed by atoms with van der Waals surface area (Å²) in [6.45, 7) is 5.90. The molecule has 1 fully saturated rings. The molecule has 5 nitrogen and oxygen atoms in total. The largest absolute Gasteiger partial charge is 0.372 e. The highest BCUT2D eigenvalue weighted by atomic mass is 16.5. The molecule has 2 aliphatic heterocycles. The van der Waals surface area contributed by atoms with Gasteiger partial charge in [0.25, 0.3) is 0 Å². The normalized spacial score (nSPS) is 25.1. The maximum atomic E-state index is 5.54. The molecule has 2 aliphatic rings. The molecule has 4 rings (SSSR count). The lowest BCUT2D eigenvalue weighted by Gasteiger charge is -2.25. The lowest BCUT2D eigenvalue weighted by Crippen LogP contribution is -2.37. The predicted octanol–water partition coefficient (Wildman–Crippen LogP) is 2.20. The molecule has 0 bridgehead atoms. The van der Waals surface area contributed by atoms with E-state index >= 15 is 0 Å². The minimum atomic E-state index is 0.322. The molecule has 1 aromatic heterocycles. The van der Waals surface area contributed by atoms with Gasteiger partial charge >= 0.3 is 0 Å². The monoisotopic (exact) mass is 326 g/mol. The summed E-state index contributed by atoms with van der Waals surface area (Å²) in [4.78, 5) is 6.71. The Hall–Kier alpha value is -1.69. The van der Waals surface area contributed by atoms with E-state index in [0.717, 1.165) is 26.3 Å². The second-order valence-corrected chi connectivity index (χ2v) is 7.27. The molecule has 1 aromatic carbocycles. The number of nitrogens with one attached hydrogen (secondary N) is 1. The zero-order valence-corrected chi connectivity index (χ0v) is 14.7. The molecule has 3 atom stereocenters. The Morgan fingerprint density at radius 3 is 2.83 bits per heavy atom. The minimum absolute atomic E-state index is 0.322. The van der Waals surface area contributed by atoms with Crippen LogP contribution in [0, 0.1) is 0 Å². The lowest BCUT2D eigenvalue weighted by atomic mass is 9.97. The van der Waals surface area contributed by atoms with Crippen LogP contribution in [-0.4, -0.2) is 40.6 Å². The molecule has 1 unspecified atom stereocenters. The van der Waals surface area contributed by atoms with Gasteiger partial charge in [-0.25, -0.2) is 4.98 Å². The van der Waals surface area contributed by atoms with Crippen LogP contribution in [0.1, 0.15) is 41.3 Å². The fraction of sp³-hybridized carbons (Fsp3) is 0.526. The first-order valence-corrected chi connectivity index (χ1v) is 8.72. The maximum absolute atomic E-state index is 5.54. The number of hydrogen-bond acceptors (Lipinski definition) is 4. The first-order chi connectivity index (χ1) is 11.6. The van der Waals surface area contributed by atoms with Crippen LogP contribution in [0.5, 0.6) is 0 Å². The van der Waals surface area contributed by atoms with Crippen molar-refractivity contribution in [2.45, 2.75) is 38.1 Å². The number of ether oxygens (including phenoxy) is 1. The first-order valence-electron chi connectivity index (χ1n) is 8.72. The minimum Gasteiger partial charge on any atom is -0.372 e. The summed E-state index contributed by atoms with van der Waals surface area (Å²) in [6, 6.07) is 7.52. The Morgan fingerprint density at radius 2 is 2.04 bits per heavy atom. The van der Waals surface area contributed by atoms with Crippen LogP contribution < -0.4 is 5.32 Å². The van der Waals surface area contributed by atoms with Crippen LogP contribution in [0.2, 0.25) is 0 Å². The summed E-state index contributed by atoms with van der Waals surface area (Å²) >= 11 is 0. The van der Waals surface area contributed by atoms with Gasteiger partial charge in [-0.1, -0.05) is 18.2 Å². The van der Waals surface area contributed by atoms with Crippen LogP contribution in [0.15, 0.2) is 30.7 Å². The van der Waals surface area contributed by atoms with Crippen LogP contribution in [0.25, 0.3) is 0 Å². The average molecular weight is 326 g/mol. The molecule has 0 amide bonds. The van der Waals surface area contributed by atoms with Gasteiger partial charge in [0.1, 0.15) is 0 Å². The van der Waals surface area contributed by atoms with Crippen molar-refractivity contribution in [3.05, 3.63) is 53.1 Å². The van der Waals surface area contributed by atoms with E-state index in [-0.39, 0.29) is 0 Å². The average Bonchev–Trinajstić information content (AvgIpc) is 3.26. The van der Waals surface area contributed by atoms with Gasteiger partial charge in [0.2, 0.25) is 0 Å². The molecule has 1 N–H and O–H groups in total. The van der Waals surface area contributed by atoms with Crippen molar-refractivity contribution < 1.29 is 4.74 Å². The lowest BCUT2D eigenvalue weighted by molar-refractivity contribution is 0.134. The summed E-state index contributed by atoms with van der Waals surface area (Å²) in [5, 5.41) is 3.86. The summed E-state index contributed by atoms with van der Waals surface area (Å²) in [5.41, 5.74) is 5.33. The van der Waals surface area contributed by atoms with E-state index in [1.54, 1.807) is 0 Å². The van der Waals surface area contributed by atoms with Crippen molar-refractivity contribution >= 4 is 0 Å². The van der Waals surface area contributed by atoms with Gasteiger partial charge < -0.3 is 19.5 Å². The van der Waals surface area contributed by atoms with E-state index in [2.05, 4.69) is 59.0 Å². The fourth-order valence-corrected chi connectivity index (χ4v) is 4.07. The smallest absolute Gasteiger partial charge is 0.0945 e. The molecule has 2 aromatic rings. The third-order valence-corrected chi connectivity index (χ3v) is 5.45. The standard InChI is InChI=1S/C19H26N4O/c1-13(14-4-5-15-10-24-11-16(15)6-14)21-18-9-22(2)8-17(18)19-7-20-12-23(19)3/h4-7,12-13,17-18,21H,8-11H2,1-3H3/t13?,17-,18-/m1/s1. The topological polar surface area (TPSA) is 42.3 Å². The number of nitrogens with zero attached hydrogens (tertiary/aromatic N) is 3. The molecule has 0 radical (unpaired) electrons. The Bertz CT molecular complexity index is 726. The highest BCUT2D eigenvalue weighted by Crippen LogP contribution is 2.29. The Labute approximate surface area is 143 Å². The molecular weight excluding hydrogens is 300 g/mol. The molecule has 3 heterocycles. The molecule has 0 saturated carbocycles. The maximum Gasteiger partial charge on any atom is 0.0945 e. The second kappa shape index (κ2) is 6.31. The summed E-state index contributed by atoms with van der Waals surface area (Å²) in [5.74, 6) is 0.475. The van der Waals surface area contributed by atoms with Crippen molar-refractivity contribution in [3.63, 3.8) is 0 Å². The number of aromatic nitrogens is 2. The highest BCUT2D eigenvalue weighted by molar-refractivity contribution is 5.34. The number of hydrogen-bond donors (Lipinski definition) is 1. The quantitative estimate of drug-likeness (QED) is 0.935. The number of fused-ring (bicyclic) bond motifs is 1. The van der Waals surface area contributed by atoms with Crippen molar-refractivity contribution in [2.75, 3.05) is 20.1 Å². The number of rotatable bonds is 4. The van der Waals surface area contributed by atoms with Crippen molar-refractivity contribution in [1.29, 1.82) is 0 Å². The van der Waals surface area contributed by atoms with Crippen LogP contribution in [0.3, 0.4) is 0 Å². The predicted molar refractivity (Wildman–Crippen MR) is 93.7 cm³/mol. The van der Waals surface area contributed by atoms with Crippen LogP contribution in [0.4, 0.5) is 0 Å². The SMILES string of the molecule is CC(N[C@@H]1CN(C)C[C@H]1c1cncn1C)c1ccc2c(c1)COC2. The Kier molecular flexibility index (Phi) is 4.16. The molecule has 128 valence electrons. The van der Waals surface area contributed by atoms with E-state index < -0.39 is 0 Å². The molecule has 0 aliphatic carbocycles. The van der Waals surface area contributed by atoms with E-state index in [0.29, 0.717) is 18.0 Å². The Morgan fingerprint density at radius 1 is 1.21 bits per heavy atom. The van der Waals surface area contributed by atoms with Gasteiger partial charge in [-0.05, 0) is 30.7 Å². The zero-order chi connectivity index (χ0) is 16.7. The Balaban J connectivity index is 1.52. The van der Waals surface area contributed by atoms with E-state index in [4.69, 9.17) is 4.74 Å². The number of likely N-dealkylation sites (N-methyl/N-ethyl adjacent to an activating group) is 1. The fourth-order valence-electron chi connectivity index (χ4n) is 4.07. The number of benzene rings is 1. The number of aryl methyl sites for hydroxylation is 1. The van der Waals surface area contributed by atoms with E-state index in [1.165, 1.54) is 22.4 Å². The van der Waals surface area contributed by atoms with Gasteiger partial charge in [-0.3, -0.25) is 0 Å². The van der Waals surface area contributed by atoms with Gasteiger partial charge in [0.15, 0.2) is 0 Å². The summed E-state index contributed by atoms with van der Waals surface area (Å²) in [7, 11) is 4.28. The summed E-state index contributed by atoms with van der Waals surface area (Å²) < 4.78 is 7.69. The van der Waals surface area contributed by atoms with Crippen LogP contribution >= 0.6 is 0 Å². The number of imidazole rings is 1. The van der Waals surface area contributed by atoms with Gasteiger partial charge in [0.05, 0.1) is 19.5 Å². The van der Waals surface area contributed by atoms with Gasteiger partial charge in [0, 0.05) is 50.0 Å². The highest BCUT2D eigenvalue weighted by Gasteiger charge is 2.34. The van der Waals surface area contributed by atoms with E-state index in [9.17, 15) is 0 Å². The second-order valence-electron chi connectivity index (χ2n) is 7.27. The third-order valence-electron chi connectivity index (χ3n) is 5.45. The van der Waals surface area contributed by atoms with Crippen molar-refractivity contribution in [3.8, 4) is 0 Å². The third kappa shape index (κ3) is 2.88. The molecule has 24 heavy (non-hydrogen) atoms.